The monoisotopic (exact) mass is 387 g/mol. The normalized spacial score (nSPS) is 14.3. The molecular formula is C19H21N3O4S. The number of pyridine rings is 1. The Balaban J connectivity index is 1.71. The molecule has 2 aromatic rings. The van der Waals surface area contributed by atoms with Gasteiger partial charge in [0.25, 0.3) is 5.91 Å². The molecule has 3 heterocycles. The first-order chi connectivity index (χ1) is 13.0. The first-order valence-electron chi connectivity index (χ1n) is 8.83. The molecule has 0 bridgehead atoms. The molecule has 0 fully saturated rings. The molecule has 0 aliphatic carbocycles. The van der Waals surface area contributed by atoms with Crippen molar-refractivity contribution < 1.29 is 19.5 Å². The second-order valence-corrected chi connectivity index (χ2v) is 7.43. The summed E-state index contributed by atoms with van der Waals surface area (Å²) in [6, 6.07) is 3.91. The van der Waals surface area contributed by atoms with Gasteiger partial charge in [0.15, 0.2) is 0 Å². The highest BCUT2D eigenvalue weighted by molar-refractivity contribution is 7.10. The number of carboxylic acids is 1. The molecule has 0 aromatic carbocycles. The van der Waals surface area contributed by atoms with E-state index in [0.717, 1.165) is 18.4 Å². The maximum Gasteiger partial charge on any atom is 0.335 e. The maximum absolute atomic E-state index is 13.0. The van der Waals surface area contributed by atoms with Gasteiger partial charge in [-0.05, 0) is 42.0 Å². The summed E-state index contributed by atoms with van der Waals surface area (Å²) in [6.45, 7) is 3.14. The molecule has 0 saturated carbocycles. The van der Waals surface area contributed by atoms with Gasteiger partial charge in [0.05, 0.1) is 5.56 Å². The standard InChI is InChI=1S/C19H21N3O4S/c1-2-3-14(18(24)22-8-5-16-13(11-22)6-9-27-16)21-17(23)15-10-12(19(25)26)4-7-20-15/h4,6-7,9-10,14H,2-3,5,8,11H2,1H3,(H,21,23)(H,25,26). The number of aromatic nitrogens is 1. The third-order valence-electron chi connectivity index (χ3n) is 4.54. The second-order valence-electron chi connectivity index (χ2n) is 6.43. The van der Waals surface area contributed by atoms with Crippen molar-refractivity contribution in [3.63, 3.8) is 0 Å². The highest BCUT2D eigenvalue weighted by Gasteiger charge is 2.29. The van der Waals surface area contributed by atoms with Crippen LogP contribution in [-0.2, 0) is 17.8 Å². The van der Waals surface area contributed by atoms with E-state index in [1.807, 2.05) is 18.4 Å². The zero-order chi connectivity index (χ0) is 19.4. The Labute approximate surface area is 161 Å². The number of fused-ring (bicyclic) bond motifs is 1. The number of thiophene rings is 1. The Morgan fingerprint density at radius 2 is 2.19 bits per heavy atom. The van der Waals surface area contributed by atoms with Crippen molar-refractivity contribution >= 4 is 29.1 Å². The summed E-state index contributed by atoms with van der Waals surface area (Å²) in [5.74, 6) is -1.79. The van der Waals surface area contributed by atoms with Crippen molar-refractivity contribution in [2.75, 3.05) is 6.54 Å². The molecule has 2 amide bonds. The Bertz CT molecular complexity index is 864. The van der Waals surface area contributed by atoms with E-state index in [-0.39, 0.29) is 17.2 Å². The number of aromatic carboxylic acids is 1. The molecule has 2 aromatic heterocycles. The van der Waals surface area contributed by atoms with Gasteiger partial charge in [0.2, 0.25) is 5.91 Å². The lowest BCUT2D eigenvalue weighted by Crippen LogP contribution is -2.49. The Kier molecular flexibility index (Phi) is 5.85. The third kappa shape index (κ3) is 4.33. The van der Waals surface area contributed by atoms with E-state index in [1.54, 1.807) is 16.2 Å². The smallest absolute Gasteiger partial charge is 0.335 e. The van der Waals surface area contributed by atoms with Gasteiger partial charge in [-0.1, -0.05) is 13.3 Å². The number of rotatable bonds is 6. The summed E-state index contributed by atoms with van der Waals surface area (Å²) < 4.78 is 0. The predicted molar refractivity (Wildman–Crippen MR) is 101 cm³/mol. The molecule has 3 rings (SSSR count). The first kappa shape index (κ1) is 19.0. The van der Waals surface area contributed by atoms with Crippen LogP contribution in [0.3, 0.4) is 0 Å². The highest BCUT2D eigenvalue weighted by Crippen LogP contribution is 2.24. The summed E-state index contributed by atoms with van der Waals surface area (Å²) in [4.78, 5) is 43.6. The second kappa shape index (κ2) is 8.30. The number of hydrogen-bond donors (Lipinski definition) is 2. The number of nitrogens with one attached hydrogen (secondary N) is 1. The minimum absolute atomic E-state index is 0.0115. The van der Waals surface area contributed by atoms with Crippen LogP contribution in [0.1, 0.15) is 51.1 Å². The van der Waals surface area contributed by atoms with Gasteiger partial charge >= 0.3 is 5.97 Å². The Morgan fingerprint density at radius 1 is 1.37 bits per heavy atom. The minimum Gasteiger partial charge on any atom is -0.478 e. The zero-order valence-corrected chi connectivity index (χ0v) is 15.8. The van der Waals surface area contributed by atoms with E-state index in [2.05, 4.69) is 10.3 Å². The fourth-order valence-electron chi connectivity index (χ4n) is 3.12. The molecule has 27 heavy (non-hydrogen) atoms. The number of carbonyl (C=O) groups is 3. The predicted octanol–water partition coefficient (Wildman–Crippen LogP) is 2.32. The van der Waals surface area contributed by atoms with Crippen LogP contribution >= 0.6 is 11.3 Å². The van der Waals surface area contributed by atoms with Crippen molar-refractivity contribution in [1.29, 1.82) is 0 Å². The summed E-state index contributed by atoms with van der Waals surface area (Å²) in [5, 5.41) is 13.8. The molecular weight excluding hydrogens is 366 g/mol. The summed E-state index contributed by atoms with van der Waals surface area (Å²) in [5.41, 5.74) is 1.13. The minimum atomic E-state index is -1.13. The van der Waals surface area contributed by atoms with Crippen LogP contribution in [0.4, 0.5) is 0 Å². The lowest BCUT2D eigenvalue weighted by molar-refractivity contribution is -0.134. The largest absolute Gasteiger partial charge is 0.478 e. The number of carboxylic acid groups (broad SMARTS) is 1. The van der Waals surface area contributed by atoms with E-state index in [4.69, 9.17) is 5.11 Å². The van der Waals surface area contributed by atoms with E-state index in [9.17, 15) is 14.4 Å². The molecule has 0 saturated heterocycles. The number of nitrogens with zero attached hydrogens (tertiary/aromatic N) is 2. The van der Waals surface area contributed by atoms with Crippen LogP contribution < -0.4 is 5.32 Å². The molecule has 1 aliphatic heterocycles. The van der Waals surface area contributed by atoms with E-state index >= 15 is 0 Å². The third-order valence-corrected chi connectivity index (χ3v) is 5.56. The molecule has 142 valence electrons. The molecule has 8 heteroatoms. The molecule has 0 spiro atoms. The van der Waals surface area contributed by atoms with Crippen LogP contribution in [-0.4, -0.2) is 45.4 Å². The summed E-state index contributed by atoms with van der Waals surface area (Å²) in [6.07, 6.45) is 3.35. The van der Waals surface area contributed by atoms with Crippen LogP contribution in [0.5, 0.6) is 0 Å². The highest BCUT2D eigenvalue weighted by atomic mass is 32.1. The fourth-order valence-corrected chi connectivity index (χ4v) is 4.01. The molecule has 1 aliphatic rings. The fraction of sp³-hybridized carbons (Fsp3) is 0.368. The van der Waals surface area contributed by atoms with Crippen LogP contribution in [0.15, 0.2) is 29.8 Å². The topological polar surface area (TPSA) is 99.6 Å². The molecule has 0 radical (unpaired) electrons. The van der Waals surface area contributed by atoms with E-state index in [0.29, 0.717) is 19.5 Å². The van der Waals surface area contributed by atoms with Crippen LogP contribution in [0.25, 0.3) is 0 Å². The summed E-state index contributed by atoms with van der Waals surface area (Å²) in [7, 11) is 0. The number of hydrogen-bond acceptors (Lipinski definition) is 5. The molecule has 1 unspecified atom stereocenters. The maximum atomic E-state index is 13.0. The Hall–Kier alpha value is -2.74. The lowest BCUT2D eigenvalue weighted by Gasteiger charge is -2.30. The molecule has 7 nitrogen and oxygen atoms in total. The van der Waals surface area contributed by atoms with Gasteiger partial charge in [0.1, 0.15) is 11.7 Å². The van der Waals surface area contributed by atoms with Crippen LogP contribution in [0, 0.1) is 0 Å². The lowest BCUT2D eigenvalue weighted by atomic mass is 10.1. The average molecular weight is 387 g/mol. The average Bonchev–Trinajstić information content (AvgIpc) is 3.14. The van der Waals surface area contributed by atoms with E-state index < -0.39 is 17.9 Å². The van der Waals surface area contributed by atoms with E-state index in [1.165, 1.54) is 23.2 Å². The number of amides is 2. The van der Waals surface area contributed by atoms with Crippen molar-refractivity contribution in [3.8, 4) is 0 Å². The first-order valence-corrected chi connectivity index (χ1v) is 9.71. The number of carbonyl (C=O) groups excluding carboxylic acids is 2. The van der Waals surface area contributed by atoms with Crippen molar-refractivity contribution in [2.24, 2.45) is 0 Å². The van der Waals surface area contributed by atoms with Gasteiger partial charge in [-0.3, -0.25) is 14.6 Å². The van der Waals surface area contributed by atoms with Gasteiger partial charge in [-0.2, -0.15) is 0 Å². The van der Waals surface area contributed by atoms with Crippen molar-refractivity contribution in [3.05, 3.63) is 51.5 Å². The molecule has 2 N–H and O–H groups in total. The SMILES string of the molecule is CCCC(NC(=O)c1cc(C(=O)O)ccn1)C(=O)N1CCc2sccc2C1. The van der Waals surface area contributed by atoms with Crippen molar-refractivity contribution in [2.45, 2.75) is 38.8 Å². The van der Waals surface area contributed by atoms with Gasteiger partial charge < -0.3 is 15.3 Å². The molecule has 1 atom stereocenters. The summed E-state index contributed by atoms with van der Waals surface area (Å²) >= 11 is 1.71. The van der Waals surface area contributed by atoms with Gasteiger partial charge in [0, 0.05) is 24.2 Å². The van der Waals surface area contributed by atoms with Gasteiger partial charge in [-0.25, -0.2) is 4.79 Å². The zero-order valence-electron chi connectivity index (χ0n) is 15.0. The van der Waals surface area contributed by atoms with Gasteiger partial charge in [-0.15, -0.1) is 11.3 Å². The quantitative estimate of drug-likeness (QED) is 0.792. The van der Waals surface area contributed by atoms with Crippen molar-refractivity contribution in [1.82, 2.24) is 15.2 Å². The Morgan fingerprint density at radius 3 is 2.93 bits per heavy atom. The van der Waals surface area contributed by atoms with Crippen LogP contribution in [0.2, 0.25) is 0 Å².